The van der Waals surface area contributed by atoms with Crippen molar-refractivity contribution in [2.45, 2.75) is 43.9 Å². The quantitative estimate of drug-likeness (QED) is 0.464. The molecule has 1 aromatic heterocycles. The van der Waals surface area contributed by atoms with E-state index < -0.39 is 15.9 Å². The van der Waals surface area contributed by atoms with E-state index in [1.165, 1.54) is 4.31 Å². The molecule has 1 aliphatic rings. The average Bonchev–Trinajstić information content (AvgIpc) is 3.30. The summed E-state index contributed by atoms with van der Waals surface area (Å²) in [4.78, 5) is 17.5. The largest absolute Gasteiger partial charge is 0.339 e. The number of hydrogen-bond donors (Lipinski definition) is 1. The summed E-state index contributed by atoms with van der Waals surface area (Å²) >= 11 is 3.32. The standard InChI is InChI=1S/C24H27BrN4O4S/c1-16(2)24-27-22(28-33-24)14-17-5-9-20(10-6-17)26-23(30)18-4-3-13-29(15-18)34(31,32)21-11-7-19(25)8-12-21/h5-12,16,18H,3-4,13-15H2,1-2H3,(H,26,30)/t18-/m0/s1. The normalized spacial score (nSPS) is 17.1. The van der Waals surface area contributed by atoms with Gasteiger partial charge in [0.1, 0.15) is 0 Å². The van der Waals surface area contributed by atoms with Crippen molar-refractivity contribution in [2.75, 3.05) is 18.4 Å². The van der Waals surface area contributed by atoms with Crippen molar-refractivity contribution in [1.29, 1.82) is 0 Å². The van der Waals surface area contributed by atoms with Gasteiger partial charge in [0, 0.05) is 35.6 Å². The van der Waals surface area contributed by atoms with Crippen LogP contribution >= 0.6 is 15.9 Å². The van der Waals surface area contributed by atoms with Crippen molar-refractivity contribution in [3.63, 3.8) is 0 Å². The molecule has 1 N–H and O–H groups in total. The fourth-order valence-corrected chi connectivity index (χ4v) is 5.63. The van der Waals surface area contributed by atoms with Crippen LogP contribution in [0.2, 0.25) is 0 Å². The maximum Gasteiger partial charge on any atom is 0.243 e. The highest BCUT2D eigenvalue weighted by Crippen LogP contribution is 2.26. The van der Waals surface area contributed by atoms with Crippen molar-refractivity contribution in [1.82, 2.24) is 14.4 Å². The average molecular weight is 547 g/mol. The molecule has 1 amide bonds. The number of piperidine rings is 1. The second-order valence-corrected chi connectivity index (χ2v) is 11.6. The van der Waals surface area contributed by atoms with E-state index in [-0.39, 0.29) is 23.3 Å². The first-order chi connectivity index (χ1) is 16.2. The molecule has 0 spiro atoms. The van der Waals surface area contributed by atoms with Gasteiger partial charge in [-0.3, -0.25) is 4.79 Å². The van der Waals surface area contributed by atoms with E-state index >= 15 is 0 Å². The summed E-state index contributed by atoms with van der Waals surface area (Å²) in [6, 6.07) is 14.0. The molecular formula is C24H27BrN4O4S. The Balaban J connectivity index is 1.36. The predicted octanol–water partition coefficient (Wildman–Crippen LogP) is 4.59. The second kappa shape index (κ2) is 10.4. The lowest BCUT2D eigenvalue weighted by molar-refractivity contribution is -0.120. The number of nitrogens with zero attached hydrogens (tertiary/aromatic N) is 3. The summed E-state index contributed by atoms with van der Waals surface area (Å²) in [5, 5.41) is 6.93. The maximum atomic E-state index is 13.0. The van der Waals surface area contributed by atoms with E-state index in [4.69, 9.17) is 4.52 Å². The first-order valence-corrected chi connectivity index (χ1v) is 13.4. The minimum absolute atomic E-state index is 0.165. The summed E-state index contributed by atoms with van der Waals surface area (Å²) in [5.74, 6) is 0.826. The molecule has 0 aliphatic carbocycles. The van der Waals surface area contributed by atoms with Gasteiger partial charge in [-0.2, -0.15) is 9.29 Å². The monoisotopic (exact) mass is 546 g/mol. The Morgan fingerprint density at radius 1 is 1.18 bits per heavy atom. The van der Waals surface area contributed by atoms with E-state index in [1.807, 2.05) is 38.1 Å². The van der Waals surface area contributed by atoms with Gasteiger partial charge >= 0.3 is 0 Å². The highest BCUT2D eigenvalue weighted by Gasteiger charge is 2.33. The molecule has 0 radical (unpaired) electrons. The van der Waals surface area contributed by atoms with Crippen LogP contribution in [0.15, 0.2) is 62.4 Å². The van der Waals surface area contributed by atoms with Crippen LogP contribution < -0.4 is 5.32 Å². The molecular weight excluding hydrogens is 520 g/mol. The zero-order valence-electron chi connectivity index (χ0n) is 19.1. The van der Waals surface area contributed by atoms with Crippen LogP contribution in [-0.4, -0.2) is 41.9 Å². The second-order valence-electron chi connectivity index (χ2n) is 8.72. The Morgan fingerprint density at radius 2 is 1.88 bits per heavy atom. The molecule has 0 unspecified atom stereocenters. The number of nitrogens with one attached hydrogen (secondary N) is 1. The Labute approximate surface area is 207 Å². The summed E-state index contributed by atoms with van der Waals surface area (Å²) < 4.78 is 33.5. The Morgan fingerprint density at radius 3 is 2.53 bits per heavy atom. The smallest absolute Gasteiger partial charge is 0.243 e. The van der Waals surface area contributed by atoms with Crippen molar-refractivity contribution >= 4 is 37.5 Å². The van der Waals surface area contributed by atoms with Gasteiger partial charge in [0.25, 0.3) is 0 Å². The van der Waals surface area contributed by atoms with E-state index in [0.717, 1.165) is 10.0 Å². The highest BCUT2D eigenvalue weighted by atomic mass is 79.9. The van der Waals surface area contributed by atoms with Crippen LogP contribution in [-0.2, 0) is 21.2 Å². The number of rotatable bonds is 7. The SMILES string of the molecule is CC(C)c1nc(Cc2ccc(NC(=O)[C@H]3CCCN(S(=O)(=O)c4ccc(Br)cc4)C3)cc2)no1. The lowest BCUT2D eigenvalue weighted by atomic mass is 9.98. The fourth-order valence-electron chi connectivity index (χ4n) is 3.84. The summed E-state index contributed by atoms with van der Waals surface area (Å²) in [6.07, 6.45) is 1.82. The van der Waals surface area contributed by atoms with Gasteiger partial charge in [-0.15, -0.1) is 0 Å². The number of benzene rings is 2. The van der Waals surface area contributed by atoms with Gasteiger partial charge in [0.15, 0.2) is 5.82 Å². The third-order valence-corrected chi connectivity index (χ3v) is 8.18. The minimum atomic E-state index is -3.64. The van der Waals surface area contributed by atoms with Crippen molar-refractivity contribution in [3.8, 4) is 0 Å². The van der Waals surface area contributed by atoms with Crippen molar-refractivity contribution < 1.29 is 17.7 Å². The number of halogens is 1. The van der Waals surface area contributed by atoms with E-state index in [0.29, 0.717) is 43.2 Å². The molecule has 2 aromatic carbocycles. The zero-order chi connectivity index (χ0) is 24.3. The molecule has 3 aromatic rings. The van der Waals surface area contributed by atoms with Crippen LogP contribution in [0.1, 0.15) is 49.9 Å². The maximum absolute atomic E-state index is 13.0. The number of carbonyl (C=O) groups is 1. The first-order valence-electron chi connectivity index (χ1n) is 11.2. The van der Waals surface area contributed by atoms with Crippen LogP contribution in [0, 0.1) is 5.92 Å². The third-order valence-electron chi connectivity index (χ3n) is 5.77. The molecule has 1 saturated heterocycles. The van der Waals surface area contributed by atoms with Crippen LogP contribution in [0.3, 0.4) is 0 Å². The predicted molar refractivity (Wildman–Crippen MR) is 132 cm³/mol. The number of carbonyl (C=O) groups excluding carboxylic acids is 1. The Hall–Kier alpha value is -2.56. The molecule has 8 nitrogen and oxygen atoms in total. The van der Waals surface area contributed by atoms with Gasteiger partial charge in [0.2, 0.25) is 21.8 Å². The lowest BCUT2D eigenvalue weighted by Crippen LogP contribution is -2.43. The van der Waals surface area contributed by atoms with Crippen molar-refractivity contribution in [2.24, 2.45) is 5.92 Å². The van der Waals surface area contributed by atoms with Gasteiger partial charge < -0.3 is 9.84 Å². The lowest BCUT2D eigenvalue weighted by Gasteiger charge is -2.31. The molecule has 4 rings (SSSR count). The number of hydrogen-bond acceptors (Lipinski definition) is 6. The third kappa shape index (κ3) is 5.73. The zero-order valence-corrected chi connectivity index (χ0v) is 21.5. The number of sulfonamides is 1. The van der Waals surface area contributed by atoms with Crippen LogP contribution in [0.25, 0.3) is 0 Å². The van der Waals surface area contributed by atoms with E-state index in [9.17, 15) is 13.2 Å². The number of anilines is 1. The number of amides is 1. The topological polar surface area (TPSA) is 105 Å². The van der Waals surface area contributed by atoms with Gasteiger partial charge in [-0.25, -0.2) is 8.42 Å². The molecule has 0 saturated carbocycles. The molecule has 1 atom stereocenters. The van der Waals surface area contributed by atoms with Crippen molar-refractivity contribution in [3.05, 3.63) is 70.3 Å². The Kier molecular flexibility index (Phi) is 7.49. The Bertz CT molecular complexity index is 1240. The molecule has 1 fully saturated rings. The fraction of sp³-hybridized carbons (Fsp3) is 0.375. The van der Waals surface area contributed by atoms with E-state index in [1.54, 1.807) is 24.3 Å². The van der Waals surface area contributed by atoms with Gasteiger partial charge in [0.05, 0.1) is 10.8 Å². The first kappa shape index (κ1) is 24.6. The molecule has 2 heterocycles. The summed E-state index contributed by atoms with van der Waals surface area (Å²) in [6.45, 7) is 4.57. The summed E-state index contributed by atoms with van der Waals surface area (Å²) in [7, 11) is -3.64. The van der Waals surface area contributed by atoms with Crippen LogP contribution in [0.5, 0.6) is 0 Å². The van der Waals surface area contributed by atoms with Crippen LogP contribution in [0.4, 0.5) is 5.69 Å². The summed E-state index contributed by atoms with van der Waals surface area (Å²) in [5.41, 5.74) is 1.66. The van der Waals surface area contributed by atoms with Gasteiger partial charge in [-0.1, -0.05) is 47.1 Å². The molecule has 34 heavy (non-hydrogen) atoms. The minimum Gasteiger partial charge on any atom is -0.339 e. The molecule has 0 bridgehead atoms. The molecule has 10 heteroatoms. The number of aromatic nitrogens is 2. The van der Waals surface area contributed by atoms with Gasteiger partial charge in [-0.05, 0) is 54.8 Å². The van der Waals surface area contributed by atoms with E-state index in [2.05, 4.69) is 31.4 Å². The molecule has 180 valence electrons. The highest BCUT2D eigenvalue weighted by molar-refractivity contribution is 9.10. The molecule has 1 aliphatic heterocycles.